The molecule has 3 aromatic rings. The minimum Gasteiger partial charge on any atom is -0.508 e. The van der Waals surface area contributed by atoms with Crippen LogP contribution in [0.5, 0.6) is 5.75 Å². The van der Waals surface area contributed by atoms with E-state index in [9.17, 15) is 9.90 Å². The number of hydrogen-bond donors (Lipinski definition) is 2. The van der Waals surface area contributed by atoms with Crippen LogP contribution in [0.25, 0.3) is 16.7 Å². The third-order valence-electron chi connectivity index (χ3n) is 4.12. The lowest BCUT2D eigenvalue weighted by molar-refractivity contribution is -0.136. The van der Waals surface area contributed by atoms with Crippen molar-refractivity contribution >= 4 is 17.0 Å². The predicted octanol–water partition coefficient (Wildman–Crippen LogP) is 3.44. The quantitative estimate of drug-likeness (QED) is 0.760. The first kappa shape index (κ1) is 17.0. The molecule has 0 fully saturated rings. The Hall–Kier alpha value is -2.89. The molecule has 2 aromatic carbocycles. The van der Waals surface area contributed by atoms with Crippen LogP contribution < -0.4 is 0 Å². The zero-order valence-electron chi connectivity index (χ0n) is 14.5. The SMILES string of the molecule is CC(C)(C)c1cc(CCC(=O)O)c(-n2nc3ccccc3n2)cc1O. The summed E-state index contributed by atoms with van der Waals surface area (Å²) in [5, 5.41) is 28.4. The van der Waals surface area contributed by atoms with Gasteiger partial charge in [-0.15, -0.1) is 15.0 Å². The summed E-state index contributed by atoms with van der Waals surface area (Å²) in [4.78, 5) is 12.5. The molecule has 0 aliphatic heterocycles. The van der Waals surface area contributed by atoms with Crippen LogP contribution in [0.1, 0.15) is 38.3 Å². The van der Waals surface area contributed by atoms with E-state index in [-0.39, 0.29) is 17.6 Å². The van der Waals surface area contributed by atoms with Crippen LogP contribution in [-0.4, -0.2) is 31.2 Å². The van der Waals surface area contributed by atoms with Gasteiger partial charge < -0.3 is 10.2 Å². The molecule has 1 heterocycles. The first-order valence-electron chi connectivity index (χ1n) is 8.16. The molecular weight excluding hydrogens is 318 g/mol. The van der Waals surface area contributed by atoms with E-state index in [0.29, 0.717) is 12.1 Å². The number of aromatic hydroxyl groups is 1. The molecule has 6 heteroatoms. The van der Waals surface area contributed by atoms with Crippen molar-refractivity contribution < 1.29 is 15.0 Å². The number of rotatable bonds is 4. The molecule has 0 saturated carbocycles. The number of aliphatic carboxylic acids is 1. The fraction of sp³-hybridized carbons (Fsp3) is 0.316. The Morgan fingerprint density at radius 1 is 1.12 bits per heavy atom. The number of hydrogen-bond acceptors (Lipinski definition) is 4. The molecule has 6 nitrogen and oxygen atoms in total. The molecule has 0 radical (unpaired) electrons. The monoisotopic (exact) mass is 339 g/mol. The van der Waals surface area contributed by atoms with Gasteiger partial charge in [-0.05, 0) is 41.2 Å². The molecule has 2 N–H and O–H groups in total. The average molecular weight is 339 g/mol. The van der Waals surface area contributed by atoms with Crippen molar-refractivity contribution in [3.63, 3.8) is 0 Å². The Bertz CT molecular complexity index is 906. The molecule has 0 aliphatic carbocycles. The van der Waals surface area contributed by atoms with Crippen LogP contribution in [0.3, 0.4) is 0 Å². The first-order chi connectivity index (χ1) is 11.8. The molecule has 0 atom stereocenters. The van der Waals surface area contributed by atoms with Gasteiger partial charge in [0.1, 0.15) is 16.8 Å². The third kappa shape index (κ3) is 3.47. The second-order valence-electron chi connectivity index (χ2n) is 7.12. The number of aryl methyl sites for hydroxylation is 1. The zero-order valence-corrected chi connectivity index (χ0v) is 14.5. The Kier molecular flexibility index (Phi) is 4.20. The standard InChI is InChI=1S/C19H21N3O3/c1-19(2,3)13-10-12(8-9-18(24)25)16(11-17(13)23)22-20-14-6-4-5-7-15(14)21-22/h4-7,10-11,23H,8-9H2,1-3H3,(H,24,25). The first-order valence-corrected chi connectivity index (χ1v) is 8.16. The maximum absolute atomic E-state index is 11.0. The molecule has 0 spiro atoms. The van der Waals surface area contributed by atoms with Gasteiger partial charge in [0.2, 0.25) is 0 Å². The summed E-state index contributed by atoms with van der Waals surface area (Å²) in [5.74, 6) is -0.710. The largest absolute Gasteiger partial charge is 0.508 e. The fourth-order valence-corrected chi connectivity index (χ4v) is 2.82. The van der Waals surface area contributed by atoms with Gasteiger partial charge in [-0.25, -0.2) is 0 Å². The summed E-state index contributed by atoms with van der Waals surface area (Å²) in [6.07, 6.45) is 0.341. The molecule has 0 unspecified atom stereocenters. The molecule has 1 aromatic heterocycles. The van der Waals surface area contributed by atoms with Crippen molar-refractivity contribution in [1.29, 1.82) is 0 Å². The molecule has 0 bridgehead atoms. The fourth-order valence-electron chi connectivity index (χ4n) is 2.82. The molecule has 0 saturated heterocycles. The number of phenols is 1. The normalized spacial score (nSPS) is 11.8. The second-order valence-corrected chi connectivity index (χ2v) is 7.12. The number of aromatic nitrogens is 3. The van der Waals surface area contributed by atoms with Gasteiger partial charge in [0, 0.05) is 12.5 Å². The van der Waals surface area contributed by atoms with E-state index in [2.05, 4.69) is 10.2 Å². The van der Waals surface area contributed by atoms with Crippen molar-refractivity contribution in [2.75, 3.05) is 0 Å². The molecule has 3 rings (SSSR count). The van der Waals surface area contributed by atoms with E-state index < -0.39 is 5.97 Å². The summed E-state index contributed by atoms with van der Waals surface area (Å²) in [6.45, 7) is 6.01. The van der Waals surface area contributed by atoms with Crippen LogP contribution in [-0.2, 0) is 16.6 Å². The maximum Gasteiger partial charge on any atom is 0.303 e. The minimum atomic E-state index is -0.866. The van der Waals surface area contributed by atoms with Crippen molar-refractivity contribution in [2.45, 2.75) is 39.0 Å². The molecular formula is C19H21N3O3. The number of nitrogens with zero attached hydrogens (tertiary/aromatic N) is 3. The van der Waals surface area contributed by atoms with Gasteiger partial charge >= 0.3 is 5.97 Å². The van der Waals surface area contributed by atoms with Crippen molar-refractivity contribution in [1.82, 2.24) is 15.0 Å². The molecule has 0 aliphatic rings. The lowest BCUT2D eigenvalue weighted by Gasteiger charge is -2.22. The van der Waals surface area contributed by atoms with Gasteiger partial charge in [-0.1, -0.05) is 32.9 Å². The van der Waals surface area contributed by atoms with Gasteiger partial charge in [0.25, 0.3) is 0 Å². The number of carboxylic acids is 1. The van der Waals surface area contributed by atoms with E-state index in [4.69, 9.17) is 5.11 Å². The predicted molar refractivity (Wildman–Crippen MR) is 95.2 cm³/mol. The molecule has 0 amide bonds. The summed E-state index contributed by atoms with van der Waals surface area (Å²) in [7, 11) is 0. The average Bonchev–Trinajstić information content (AvgIpc) is 2.96. The topological polar surface area (TPSA) is 88.2 Å². The Morgan fingerprint density at radius 3 is 2.24 bits per heavy atom. The summed E-state index contributed by atoms with van der Waals surface area (Å²) < 4.78 is 0. The van der Waals surface area contributed by atoms with E-state index in [1.165, 1.54) is 4.80 Å². The third-order valence-corrected chi connectivity index (χ3v) is 4.12. The highest BCUT2D eigenvalue weighted by molar-refractivity contribution is 5.73. The van der Waals surface area contributed by atoms with Crippen molar-refractivity contribution in [2.24, 2.45) is 0 Å². The van der Waals surface area contributed by atoms with Crippen molar-refractivity contribution in [3.05, 3.63) is 47.5 Å². The maximum atomic E-state index is 11.0. The minimum absolute atomic E-state index is 0.00213. The van der Waals surface area contributed by atoms with Gasteiger partial charge in [-0.2, -0.15) is 0 Å². The van der Waals surface area contributed by atoms with Crippen LogP contribution in [0.2, 0.25) is 0 Å². The van der Waals surface area contributed by atoms with Crippen LogP contribution >= 0.6 is 0 Å². The van der Waals surface area contributed by atoms with Crippen LogP contribution in [0.15, 0.2) is 36.4 Å². The lowest BCUT2D eigenvalue weighted by atomic mass is 9.84. The highest BCUT2D eigenvalue weighted by atomic mass is 16.4. The number of benzene rings is 2. The highest BCUT2D eigenvalue weighted by Gasteiger charge is 2.22. The number of phenolic OH excluding ortho intramolecular Hbond substituents is 1. The van der Waals surface area contributed by atoms with E-state index >= 15 is 0 Å². The number of fused-ring (bicyclic) bond motifs is 1. The van der Waals surface area contributed by atoms with Gasteiger partial charge in [-0.3, -0.25) is 4.79 Å². The summed E-state index contributed by atoms with van der Waals surface area (Å²) in [6, 6.07) is 11.0. The van der Waals surface area contributed by atoms with Crippen molar-refractivity contribution in [3.8, 4) is 11.4 Å². The second kappa shape index (κ2) is 6.20. The van der Waals surface area contributed by atoms with E-state index in [1.807, 2.05) is 51.1 Å². The smallest absolute Gasteiger partial charge is 0.303 e. The van der Waals surface area contributed by atoms with Crippen LogP contribution in [0, 0.1) is 0 Å². The molecule has 25 heavy (non-hydrogen) atoms. The van der Waals surface area contributed by atoms with Gasteiger partial charge in [0.15, 0.2) is 0 Å². The zero-order chi connectivity index (χ0) is 18.2. The Labute approximate surface area is 145 Å². The molecule has 130 valence electrons. The highest BCUT2D eigenvalue weighted by Crippen LogP contribution is 2.34. The Morgan fingerprint density at radius 2 is 1.72 bits per heavy atom. The Balaban J connectivity index is 2.16. The summed E-state index contributed by atoms with van der Waals surface area (Å²) in [5.41, 5.74) is 3.39. The number of carbonyl (C=O) groups is 1. The van der Waals surface area contributed by atoms with Crippen LogP contribution in [0.4, 0.5) is 0 Å². The van der Waals surface area contributed by atoms with E-state index in [0.717, 1.165) is 22.2 Å². The van der Waals surface area contributed by atoms with Gasteiger partial charge in [0.05, 0.1) is 5.69 Å². The lowest BCUT2D eigenvalue weighted by Crippen LogP contribution is -2.14. The van der Waals surface area contributed by atoms with E-state index in [1.54, 1.807) is 6.07 Å². The summed E-state index contributed by atoms with van der Waals surface area (Å²) >= 11 is 0. The number of carboxylic acid groups (broad SMARTS) is 1.